The lowest BCUT2D eigenvalue weighted by Crippen LogP contribution is -2.05. The zero-order chi connectivity index (χ0) is 10.7. The number of aromatic nitrogens is 2. The molecule has 2 rings (SSSR count). The topological polar surface area (TPSA) is 37.8 Å². The van der Waals surface area contributed by atoms with Gasteiger partial charge in [-0.3, -0.25) is 0 Å². The van der Waals surface area contributed by atoms with Gasteiger partial charge in [-0.05, 0) is 12.8 Å². The quantitative estimate of drug-likeness (QED) is 0.816. The van der Waals surface area contributed by atoms with Gasteiger partial charge in [0.1, 0.15) is 5.82 Å². The van der Waals surface area contributed by atoms with Crippen LogP contribution >= 0.6 is 0 Å². The first-order valence-electron chi connectivity index (χ1n) is 5.93. The lowest BCUT2D eigenvalue weighted by Gasteiger charge is -2.08. The second-order valence-electron chi connectivity index (χ2n) is 4.12. The highest BCUT2D eigenvalue weighted by Gasteiger charge is 2.17. The van der Waals surface area contributed by atoms with E-state index in [0.29, 0.717) is 0 Å². The minimum absolute atomic E-state index is 0.922. The van der Waals surface area contributed by atoms with Crippen LogP contribution in [0, 0.1) is 0 Å². The molecule has 0 atom stereocenters. The minimum atomic E-state index is 0.922. The average Bonchev–Trinajstić information content (AvgIpc) is 2.67. The number of fused-ring (bicyclic) bond motifs is 1. The molecule has 0 radical (unpaired) electrons. The summed E-state index contributed by atoms with van der Waals surface area (Å²) in [5.41, 5.74) is 3.87. The highest BCUT2D eigenvalue weighted by atomic mass is 15.0. The van der Waals surface area contributed by atoms with Crippen molar-refractivity contribution in [3.63, 3.8) is 0 Å². The molecular formula is C12H19N3. The Labute approximate surface area is 91.3 Å². The Morgan fingerprint density at radius 2 is 1.87 bits per heavy atom. The first kappa shape index (κ1) is 10.6. The summed E-state index contributed by atoms with van der Waals surface area (Å²) in [4.78, 5) is 9.29. The largest absolute Gasteiger partial charge is 0.307 e. The Hall–Kier alpha value is -0.960. The van der Waals surface area contributed by atoms with E-state index in [1.165, 1.54) is 17.0 Å². The van der Waals surface area contributed by atoms with Crippen molar-refractivity contribution in [1.82, 2.24) is 15.3 Å². The lowest BCUT2D eigenvalue weighted by atomic mass is 10.1. The standard InChI is InChI=1S/C12H19N3/c1-3-5-10-9-7-13-8-11(9)15-12(14-10)6-4-2/h13H,3-8H2,1-2H3. The molecule has 0 amide bonds. The van der Waals surface area contributed by atoms with E-state index in [-0.39, 0.29) is 0 Å². The molecule has 0 unspecified atom stereocenters. The van der Waals surface area contributed by atoms with Crippen LogP contribution in [0.25, 0.3) is 0 Å². The molecule has 0 aromatic carbocycles. The van der Waals surface area contributed by atoms with E-state index in [2.05, 4.69) is 29.1 Å². The van der Waals surface area contributed by atoms with Gasteiger partial charge < -0.3 is 5.32 Å². The van der Waals surface area contributed by atoms with E-state index in [0.717, 1.165) is 44.6 Å². The van der Waals surface area contributed by atoms with Crippen LogP contribution in [0.2, 0.25) is 0 Å². The summed E-state index contributed by atoms with van der Waals surface area (Å²) >= 11 is 0. The van der Waals surface area contributed by atoms with Crippen LogP contribution in [0.1, 0.15) is 49.5 Å². The summed E-state index contributed by atoms with van der Waals surface area (Å²) in [5, 5.41) is 3.35. The van der Waals surface area contributed by atoms with Crippen LogP contribution in [-0.4, -0.2) is 9.97 Å². The van der Waals surface area contributed by atoms with Crippen molar-refractivity contribution >= 4 is 0 Å². The van der Waals surface area contributed by atoms with Crippen LogP contribution in [0.15, 0.2) is 0 Å². The van der Waals surface area contributed by atoms with Crippen LogP contribution in [-0.2, 0) is 25.9 Å². The smallest absolute Gasteiger partial charge is 0.128 e. The van der Waals surface area contributed by atoms with Gasteiger partial charge >= 0.3 is 0 Å². The van der Waals surface area contributed by atoms with E-state index in [1.54, 1.807) is 0 Å². The zero-order valence-electron chi connectivity index (χ0n) is 9.64. The van der Waals surface area contributed by atoms with Crippen LogP contribution < -0.4 is 5.32 Å². The number of rotatable bonds is 4. The predicted molar refractivity (Wildman–Crippen MR) is 60.6 cm³/mol. The summed E-state index contributed by atoms with van der Waals surface area (Å²) < 4.78 is 0. The summed E-state index contributed by atoms with van der Waals surface area (Å²) in [5.74, 6) is 1.03. The maximum Gasteiger partial charge on any atom is 0.128 e. The molecule has 82 valence electrons. The first-order chi connectivity index (χ1) is 7.35. The maximum atomic E-state index is 4.67. The van der Waals surface area contributed by atoms with Gasteiger partial charge in [0.25, 0.3) is 0 Å². The van der Waals surface area contributed by atoms with Gasteiger partial charge in [0.15, 0.2) is 0 Å². The van der Waals surface area contributed by atoms with Crippen molar-refractivity contribution in [2.45, 2.75) is 52.6 Å². The molecular weight excluding hydrogens is 186 g/mol. The minimum Gasteiger partial charge on any atom is -0.307 e. The van der Waals surface area contributed by atoms with Gasteiger partial charge in [-0.15, -0.1) is 0 Å². The molecule has 1 N–H and O–H groups in total. The predicted octanol–water partition coefficient (Wildman–Crippen LogP) is 1.98. The molecule has 0 bridgehead atoms. The van der Waals surface area contributed by atoms with Gasteiger partial charge in [0, 0.05) is 30.8 Å². The van der Waals surface area contributed by atoms with Gasteiger partial charge in [-0.1, -0.05) is 20.3 Å². The van der Waals surface area contributed by atoms with E-state index < -0.39 is 0 Å². The molecule has 3 heteroatoms. The molecule has 1 aromatic heterocycles. The molecule has 0 saturated carbocycles. The highest BCUT2D eigenvalue weighted by Crippen LogP contribution is 2.18. The third kappa shape index (κ3) is 2.17. The number of hydrogen-bond acceptors (Lipinski definition) is 3. The van der Waals surface area contributed by atoms with E-state index >= 15 is 0 Å². The average molecular weight is 205 g/mol. The molecule has 0 saturated heterocycles. The zero-order valence-corrected chi connectivity index (χ0v) is 9.64. The Balaban J connectivity index is 2.34. The summed E-state index contributed by atoms with van der Waals surface area (Å²) in [6.45, 7) is 6.26. The maximum absolute atomic E-state index is 4.67. The molecule has 0 aliphatic carbocycles. The van der Waals surface area contributed by atoms with Crippen molar-refractivity contribution in [3.8, 4) is 0 Å². The highest BCUT2D eigenvalue weighted by molar-refractivity contribution is 5.29. The van der Waals surface area contributed by atoms with Gasteiger partial charge in [0.05, 0.1) is 5.69 Å². The van der Waals surface area contributed by atoms with Crippen molar-refractivity contribution in [2.24, 2.45) is 0 Å². The second-order valence-corrected chi connectivity index (χ2v) is 4.12. The monoisotopic (exact) mass is 205 g/mol. The van der Waals surface area contributed by atoms with E-state index in [1.807, 2.05) is 0 Å². The van der Waals surface area contributed by atoms with Crippen molar-refractivity contribution in [3.05, 3.63) is 22.8 Å². The molecule has 1 aromatic rings. The third-order valence-electron chi connectivity index (χ3n) is 2.78. The van der Waals surface area contributed by atoms with E-state index in [9.17, 15) is 0 Å². The molecule has 2 heterocycles. The number of nitrogens with zero attached hydrogens (tertiary/aromatic N) is 2. The Morgan fingerprint density at radius 1 is 1.07 bits per heavy atom. The van der Waals surface area contributed by atoms with Crippen LogP contribution in [0.3, 0.4) is 0 Å². The van der Waals surface area contributed by atoms with Crippen molar-refractivity contribution in [2.75, 3.05) is 0 Å². The molecule has 1 aliphatic heterocycles. The number of hydrogen-bond donors (Lipinski definition) is 1. The molecule has 15 heavy (non-hydrogen) atoms. The molecule has 0 fully saturated rings. The molecule has 1 aliphatic rings. The van der Waals surface area contributed by atoms with Gasteiger partial charge in [-0.25, -0.2) is 9.97 Å². The second kappa shape index (κ2) is 4.71. The normalized spacial score (nSPS) is 14.3. The number of aryl methyl sites for hydroxylation is 2. The molecule has 0 spiro atoms. The fourth-order valence-electron chi connectivity index (χ4n) is 2.07. The first-order valence-corrected chi connectivity index (χ1v) is 5.93. The van der Waals surface area contributed by atoms with Crippen LogP contribution in [0.5, 0.6) is 0 Å². The third-order valence-corrected chi connectivity index (χ3v) is 2.78. The Morgan fingerprint density at radius 3 is 2.60 bits per heavy atom. The SMILES string of the molecule is CCCc1nc(CCC)c2c(n1)CNC2. The van der Waals surface area contributed by atoms with Gasteiger partial charge in [-0.2, -0.15) is 0 Å². The number of nitrogens with one attached hydrogen (secondary N) is 1. The van der Waals surface area contributed by atoms with Crippen molar-refractivity contribution < 1.29 is 0 Å². The van der Waals surface area contributed by atoms with E-state index in [4.69, 9.17) is 0 Å². The molecule has 3 nitrogen and oxygen atoms in total. The van der Waals surface area contributed by atoms with Crippen molar-refractivity contribution in [1.29, 1.82) is 0 Å². The lowest BCUT2D eigenvalue weighted by molar-refractivity contribution is 0.752. The fourth-order valence-corrected chi connectivity index (χ4v) is 2.07. The van der Waals surface area contributed by atoms with Gasteiger partial charge in [0.2, 0.25) is 0 Å². The summed E-state index contributed by atoms with van der Waals surface area (Å²) in [7, 11) is 0. The Kier molecular flexibility index (Phi) is 3.31. The van der Waals surface area contributed by atoms with Crippen LogP contribution in [0.4, 0.5) is 0 Å². The Bertz CT molecular complexity index is 347. The fraction of sp³-hybridized carbons (Fsp3) is 0.667. The summed E-state index contributed by atoms with van der Waals surface area (Å²) in [6, 6.07) is 0. The summed E-state index contributed by atoms with van der Waals surface area (Å²) in [6.07, 6.45) is 4.38.